The zero-order valence-electron chi connectivity index (χ0n) is 12.3. The highest BCUT2D eigenvalue weighted by Crippen LogP contribution is 2.26. The number of hydrogen-bond donors (Lipinski definition) is 1. The molecule has 0 saturated carbocycles. The molecule has 1 fully saturated rings. The van der Waals surface area contributed by atoms with Gasteiger partial charge in [0.2, 0.25) is 0 Å². The number of hydrogen-bond acceptors (Lipinski definition) is 3. The van der Waals surface area contributed by atoms with Crippen molar-refractivity contribution in [3.63, 3.8) is 0 Å². The van der Waals surface area contributed by atoms with Crippen LogP contribution in [0, 0.1) is 0 Å². The molecule has 1 aromatic carbocycles. The summed E-state index contributed by atoms with van der Waals surface area (Å²) in [6.07, 6.45) is 3.50. The Morgan fingerprint density at radius 3 is 2.95 bits per heavy atom. The first-order valence-corrected chi connectivity index (χ1v) is 7.62. The highest BCUT2D eigenvalue weighted by molar-refractivity contribution is 5.82. The van der Waals surface area contributed by atoms with Gasteiger partial charge in [-0.1, -0.05) is 25.1 Å². The van der Waals surface area contributed by atoms with Crippen LogP contribution >= 0.6 is 0 Å². The monoisotopic (exact) mass is 273 g/mol. The second-order valence-electron chi connectivity index (χ2n) is 5.64. The Hall–Kier alpha value is -1.32. The average molecular weight is 273 g/mol. The van der Waals surface area contributed by atoms with E-state index in [1.807, 2.05) is 6.07 Å². The van der Waals surface area contributed by atoms with Gasteiger partial charge in [-0.05, 0) is 25.8 Å². The van der Waals surface area contributed by atoms with Gasteiger partial charge in [-0.15, -0.1) is 0 Å². The molecule has 1 saturated heterocycles. The van der Waals surface area contributed by atoms with Crippen LogP contribution in [0.1, 0.15) is 38.0 Å². The number of rotatable bonds is 4. The molecule has 0 amide bonds. The van der Waals surface area contributed by atoms with E-state index in [9.17, 15) is 0 Å². The van der Waals surface area contributed by atoms with E-state index in [1.165, 1.54) is 10.9 Å². The molecule has 2 unspecified atom stereocenters. The Balaban J connectivity index is 1.76. The Bertz CT molecular complexity index is 575. The SMILES string of the molecule is CCc1oc2ccccc2c1CNC1CCOC(C)C1. The molecule has 1 aliphatic heterocycles. The van der Waals surface area contributed by atoms with Crippen molar-refractivity contribution in [1.82, 2.24) is 5.32 Å². The van der Waals surface area contributed by atoms with Crippen molar-refractivity contribution in [2.45, 2.75) is 51.8 Å². The van der Waals surface area contributed by atoms with E-state index < -0.39 is 0 Å². The largest absolute Gasteiger partial charge is 0.461 e. The van der Waals surface area contributed by atoms with Gasteiger partial charge in [0.25, 0.3) is 0 Å². The average Bonchev–Trinajstić information content (AvgIpc) is 2.83. The summed E-state index contributed by atoms with van der Waals surface area (Å²) >= 11 is 0. The fourth-order valence-electron chi connectivity index (χ4n) is 3.06. The van der Waals surface area contributed by atoms with Crippen LogP contribution in [0.2, 0.25) is 0 Å². The molecule has 0 aliphatic carbocycles. The van der Waals surface area contributed by atoms with Gasteiger partial charge in [-0.25, -0.2) is 0 Å². The van der Waals surface area contributed by atoms with Gasteiger partial charge in [-0.3, -0.25) is 0 Å². The summed E-state index contributed by atoms with van der Waals surface area (Å²) in [5, 5.41) is 4.93. The summed E-state index contributed by atoms with van der Waals surface area (Å²) in [7, 11) is 0. The lowest BCUT2D eigenvalue weighted by Gasteiger charge is -2.28. The van der Waals surface area contributed by atoms with E-state index in [2.05, 4.69) is 37.4 Å². The van der Waals surface area contributed by atoms with Crippen molar-refractivity contribution in [3.05, 3.63) is 35.6 Å². The summed E-state index contributed by atoms with van der Waals surface area (Å²) in [6.45, 7) is 6.06. The fourth-order valence-corrected chi connectivity index (χ4v) is 3.06. The van der Waals surface area contributed by atoms with Crippen LogP contribution in [-0.4, -0.2) is 18.8 Å². The maximum Gasteiger partial charge on any atom is 0.134 e. The Morgan fingerprint density at radius 2 is 2.15 bits per heavy atom. The molecule has 3 heteroatoms. The molecule has 0 bridgehead atoms. The van der Waals surface area contributed by atoms with Crippen LogP contribution in [-0.2, 0) is 17.7 Å². The van der Waals surface area contributed by atoms with Gasteiger partial charge >= 0.3 is 0 Å². The van der Waals surface area contributed by atoms with Crippen molar-refractivity contribution in [3.8, 4) is 0 Å². The molecule has 1 aliphatic rings. The fraction of sp³-hybridized carbons (Fsp3) is 0.529. The van der Waals surface area contributed by atoms with Crippen molar-refractivity contribution < 1.29 is 9.15 Å². The molecule has 3 nitrogen and oxygen atoms in total. The van der Waals surface area contributed by atoms with E-state index in [0.717, 1.165) is 43.8 Å². The quantitative estimate of drug-likeness (QED) is 0.923. The smallest absolute Gasteiger partial charge is 0.134 e. The lowest BCUT2D eigenvalue weighted by atomic mass is 10.0. The molecule has 0 radical (unpaired) electrons. The first-order valence-electron chi connectivity index (χ1n) is 7.62. The van der Waals surface area contributed by atoms with E-state index >= 15 is 0 Å². The second kappa shape index (κ2) is 5.98. The number of nitrogens with one attached hydrogen (secondary N) is 1. The van der Waals surface area contributed by atoms with E-state index in [1.54, 1.807) is 0 Å². The topological polar surface area (TPSA) is 34.4 Å². The molecule has 108 valence electrons. The summed E-state index contributed by atoms with van der Waals surface area (Å²) in [4.78, 5) is 0. The molecular formula is C17H23NO2. The van der Waals surface area contributed by atoms with Gasteiger partial charge in [-0.2, -0.15) is 0 Å². The van der Waals surface area contributed by atoms with E-state index in [4.69, 9.17) is 9.15 Å². The molecule has 2 heterocycles. The minimum Gasteiger partial charge on any atom is -0.461 e. The van der Waals surface area contributed by atoms with Gasteiger partial charge in [0.1, 0.15) is 11.3 Å². The van der Waals surface area contributed by atoms with E-state index in [0.29, 0.717) is 12.1 Å². The number of ether oxygens (including phenoxy) is 1. The molecule has 20 heavy (non-hydrogen) atoms. The number of aryl methyl sites for hydroxylation is 1. The van der Waals surface area contributed by atoms with E-state index in [-0.39, 0.29) is 0 Å². The van der Waals surface area contributed by atoms with Crippen LogP contribution in [0.25, 0.3) is 11.0 Å². The zero-order chi connectivity index (χ0) is 13.9. The Labute approximate surface area is 120 Å². The summed E-state index contributed by atoms with van der Waals surface area (Å²) in [5.41, 5.74) is 2.32. The van der Waals surface area contributed by atoms with Gasteiger partial charge in [0.05, 0.1) is 6.10 Å². The number of benzene rings is 1. The lowest BCUT2D eigenvalue weighted by Crippen LogP contribution is -2.37. The first kappa shape index (κ1) is 13.7. The number of fused-ring (bicyclic) bond motifs is 1. The van der Waals surface area contributed by atoms with Gasteiger partial charge in [0, 0.05) is 36.6 Å². The Morgan fingerprint density at radius 1 is 1.30 bits per heavy atom. The third-order valence-corrected chi connectivity index (χ3v) is 4.16. The molecule has 0 spiro atoms. The highest BCUT2D eigenvalue weighted by Gasteiger charge is 2.20. The third-order valence-electron chi connectivity index (χ3n) is 4.16. The predicted octanol–water partition coefficient (Wildman–Crippen LogP) is 3.65. The van der Waals surface area contributed by atoms with Crippen LogP contribution in [0.5, 0.6) is 0 Å². The molecule has 2 aromatic rings. The van der Waals surface area contributed by atoms with Crippen molar-refractivity contribution >= 4 is 11.0 Å². The van der Waals surface area contributed by atoms with Crippen LogP contribution in [0.4, 0.5) is 0 Å². The summed E-state index contributed by atoms with van der Waals surface area (Å²) in [5.74, 6) is 1.11. The first-order chi connectivity index (χ1) is 9.78. The number of furan rings is 1. The zero-order valence-corrected chi connectivity index (χ0v) is 12.3. The van der Waals surface area contributed by atoms with Crippen LogP contribution < -0.4 is 5.32 Å². The van der Waals surface area contributed by atoms with Crippen molar-refractivity contribution in [2.75, 3.05) is 6.61 Å². The molecule has 1 N–H and O–H groups in total. The van der Waals surface area contributed by atoms with Gasteiger partial charge < -0.3 is 14.5 Å². The van der Waals surface area contributed by atoms with Crippen molar-refractivity contribution in [1.29, 1.82) is 0 Å². The molecule has 3 rings (SSSR count). The van der Waals surface area contributed by atoms with Gasteiger partial charge in [0.15, 0.2) is 0 Å². The normalized spacial score (nSPS) is 23.3. The molecule has 1 aromatic heterocycles. The highest BCUT2D eigenvalue weighted by atomic mass is 16.5. The molecule has 2 atom stereocenters. The molecular weight excluding hydrogens is 250 g/mol. The standard InChI is InChI=1S/C17H23NO2/c1-3-16-15(14-6-4-5-7-17(14)20-16)11-18-13-8-9-19-12(2)10-13/h4-7,12-13,18H,3,8-11H2,1-2H3. The minimum atomic E-state index is 0.369. The number of para-hydroxylation sites is 1. The maximum atomic E-state index is 5.94. The van der Waals surface area contributed by atoms with Crippen LogP contribution in [0.15, 0.2) is 28.7 Å². The third kappa shape index (κ3) is 2.74. The minimum absolute atomic E-state index is 0.369. The predicted molar refractivity (Wildman–Crippen MR) is 80.9 cm³/mol. The summed E-state index contributed by atoms with van der Waals surface area (Å²) in [6, 6.07) is 8.87. The van der Waals surface area contributed by atoms with Crippen LogP contribution in [0.3, 0.4) is 0 Å². The second-order valence-corrected chi connectivity index (χ2v) is 5.64. The Kier molecular flexibility index (Phi) is 4.08. The maximum absolute atomic E-state index is 5.94. The lowest BCUT2D eigenvalue weighted by molar-refractivity contribution is 0.0130. The van der Waals surface area contributed by atoms with Crippen molar-refractivity contribution in [2.24, 2.45) is 0 Å². The summed E-state index contributed by atoms with van der Waals surface area (Å²) < 4.78 is 11.5.